The second-order valence-corrected chi connectivity index (χ2v) is 9.21. The van der Waals surface area contributed by atoms with Crippen LogP contribution in [0.4, 0.5) is 5.69 Å². The van der Waals surface area contributed by atoms with Crippen LogP contribution >= 0.6 is 0 Å². The van der Waals surface area contributed by atoms with Crippen LogP contribution in [0, 0.1) is 13.8 Å². The van der Waals surface area contributed by atoms with E-state index in [9.17, 15) is 8.42 Å². The number of benzene rings is 2. The minimum Gasteiger partial charge on any atom is -0.371 e. The third kappa shape index (κ3) is 4.71. The molecule has 0 amide bonds. The highest BCUT2D eigenvalue weighted by atomic mass is 32.2. The molecule has 0 saturated carbocycles. The van der Waals surface area contributed by atoms with Crippen LogP contribution in [0.25, 0.3) is 0 Å². The second kappa shape index (κ2) is 8.44. The second-order valence-electron chi connectivity index (χ2n) is 7.47. The summed E-state index contributed by atoms with van der Waals surface area (Å²) in [5.41, 5.74) is 5.66. The van der Waals surface area contributed by atoms with Crippen LogP contribution in [0.15, 0.2) is 41.3 Å². The summed E-state index contributed by atoms with van der Waals surface area (Å²) in [6.07, 6.45) is 4.15. The van der Waals surface area contributed by atoms with Crippen molar-refractivity contribution < 1.29 is 8.42 Å². The molecule has 2 aromatic carbocycles. The van der Waals surface area contributed by atoms with E-state index in [1.807, 2.05) is 26.0 Å². The zero-order valence-corrected chi connectivity index (χ0v) is 17.4. The maximum atomic E-state index is 12.6. The van der Waals surface area contributed by atoms with Gasteiger partial charge in [0.25, 0.3) is 0 Å². The number of rotatable bonds is 7. The molecule has 146 valence electrons. The molecule has 2 aromatic rings. The number of hydrogen-bond acceptors (Lipinski definition) is 3. The molecule has 27 heavy (non-hydrogen) atoms. The number of nitrogens with one attached hydrogen (secondary N) is 1. The molecule has 0 radical (unpaired) electrons. The van der Waals surface area contributed by atoms with Gasteiger partial charge in [-0.3, -0.25) is 0 Å². The van der Waals surface area contributed by atoms with E-state index in [2.05, 4.69) is 34.7 Å². The van der Waals surface area contributed by atoms with Gasteiger partial charge in [-0.05, 0) is 73.9 Å². The fourth-order valence-electron chi connectivity index (χ4n) is 3.79. The Balaban J connectivity index is 1.66. The summed E-state index contributed by atoms with van der Waals surface area (Å²) >= 11 is 0. The Morgan fingerprint density at radius 2 is 1.93 bits per heavy atom. The third-order valence-electron chi connectivity index (χ3n) is 5.19. The van der Waals surface area contributed by atoms with Gasteiger partial charge in [-0.15, -0.1) is 0 Å². The van der Waals surface area contributed by atoms with E-state index in [0.29, 0.717) is 17.9 Å². The zero-order valence-electron chi connectivity index (χ0n) is 16.6. The smallest absolute Gasteiger partial charge is 0.240 e. The first-order chi connectivity index (χ1) is 12.9. The summed E-state index contributed by atoms with van der Waals surface area (Å²) < 4.78 is 28.0. The molecule has 5 heteroatoms. The van der Waals surface area contributed by atoms with Gasteiger partial charge in [0.1, 0.15) is 0 Å². The van der Waals surface area contributed by atoms with Gasteiger partial charge in [0.15, 0.2) is 0 Å². The number of fused-ring (bicyclic) bond motifs is 1. The van der Waals surface area contributed by atoms with Crippen molar-refractivity contribution in [2.45, 2.75) is 51.3 Å². The van der Waals surface area contributed by atoms with Crippen molar-refractivity contribution >= 4 is 15.7 Å². The van der Waals surface area contributed by atoms with E-state index >= 15 is 0 Å². The lowest BCUT2D eigenvalue weighted by Gasteiger charge is -2.31. The van der Waals surface area contributed by atoms with E-state index in [4.69, 9.17) is 0 Å². The lowest BCUT2D eigenvalue weighted by Crippen LogP contribution is -2.30. The maximum Gasteiger partial charge on any atom is 0.240 e. The molecular formula is C22H30N2O2S. The Morgan fingerprint density at radius 3 is 2.70 bits per heavy atom. The molecule has 0 fully saturated rings. The number of hydrogen-bond donors (Lipinski definition) is 1. The molecule has 0 saturated heterocycles. The normalized spacial score (nSPS) is 14.3. The molecule has 0 atom stereocenters. The van der Waals surface area contributed by atoms with Crippen LogP contribution in [0.1, 0.15) is 42.0 Å². The molecule has 1 aliphatic heterocycles. The van der Waals surface area contributed by atoms with Crippen molar-refractivity contribution in [1.82, 2.24) is 4.72 Å². The van der Waals surface area contributed by atoms with E-state index in [1.54, 1.807) is 6.07 Å². The molecule has 3 rings (SSSR count). The van der Waals surface area contributed by atoms with Gasteiger partial charge < -0.3 is 4.90 Å². The number of nitrogens with zero attached hydrogens (tertiary/aromatic N) is 1. The molecule has 1 aliphatic rings. The Hall–Kier alpha value is -1.85. The van der Waals surface area contributed by atoms with Gasteiger partial charge in [0.2, 0.25) is 10.0 Å². The molecule has 0 aromatic heterocycles. The monoisotopic (exact) mass is 386 g/mol. The minimum absolute atomic E-state index is 0.378. The molecule has 0 spiro atoms. The minimum atomic E-state index is -3.48. The van der Waals surface area contributed by atoms with Crippen molar-refractivity contribution in [1.29, 1.82) is 0 Å². The van der Waals surface area contributed by atoms with E-state index < -0.39 is 10.0 Å². The van der Waals surface area contributed by atoms with Gasteiger partial charge in [-0.1, -0.05) is 31.2 Å². The summed E-state index contributed by atoms with van der Waals surface area (Å²) in [5, 5.41) is 0. The Morgan fingerprint density at radius 1 is 1.11 bits per heavy atom. The highest BCUT2D eigenvalue weighted by molar-refractivity contribution is 7.89. The lowest BCUT2D eigenvalue weighted by molar-refractivity contribution is 0.581. The summed E-state index contributed by atoms with van der Waals surface area (Å²) in [6.45, 7) is 8.60. The quantitative estimate of drug-likeness (QED) is 0.783. The van der Waals surface area contributed by atoms with Crippen LogP contribution in [0.3, 0.4) is 0 Å². The van der Waals surface area contributed by atoms with Crippen LogP contribution in [0.5, 0.6) is 0 Å². The summed E-state index contributed by atoms with van der Waals surface area (Å²) in [7, 11) is -3.48. The molecule has 4 nitrogen and oxygen atoms in total. The highest BCUT2D eigenvalue weighted by Gasteiger charge is 2.18. The topological polar surface area (TPSA) is 49.4 Å². The molecule has 0 unspecified atom stereocenters. The summed E-state index contributed by atoms with van der Waals surface area (Å²) in [4.78, 5) is 2.84. The fourth-order valence-corrected chi connectivity index (χ4v) is 5.15. The van der Waals surface area contributed by atoms with E-state index in [-0.39, 0.29) is 0 Å². The van der Waals surface area contributed by atoms with E-state index in [0.717, 1.165) is 37.1 Å². The van der Waals surface area contributed by atoms with Gasteiger partial charge in [0.05, 0.1) is 4.90 Å². The zero-order chi connectivity index (χ0) is 19.4. The highest BCUT2D eigenvalue weighted by Crippen LogP contribution is 2.28. The Bertz CT molecular complexity index is 907. The molecular weight excluding hydrogens is 356 g/mol. The first-order valence-electron chi connectivity index (χ1n) is 9.84. The first kappa shape index (κ1) is 19.9. The van der Waals surface area contributed by atoms with Gasteiger partial charge in [-0.25, -0.2) is 13.1 Å². The predicted octanol–water partition coefficient (Wildman–Crippen LogP) is 3.99. The molecule has 1 heterocycles. The lowest BCUT2D eigenvalue weighted by atomic mass is 9.98. The SMILES string of the molecule is CCCN1CCCc2cc(CCNS(=O)(=O)c3cc(C)ccc3C)ccc21. The van der Waals surface area contributed by atoms with Crippen molar-refractivity contribution in [2.75, 3.05) is 24.5 Å². The standard InChI is InChI=1S/C22H30N2O2S/c1-4-13-24-14-5-6-20-16-19(9-10-21(20)24)11-12-23-27(25,26)22-15-17(2)7-8-18(22)3/h7-10,15-16,23H,4-6,11-14H2,1-3H3. The molecule has 0 aliphatic carbocycles. The van der Waals surface area contributed by atoms with Crippen LogP contribution in [-0.4, -0.2) is 28.1 Å². The average molecular weight is 387 g/mol. The Kier molecular flexibility index (Phi) is 6.22. The third-order valence-corrected chi connectivity index (χ3v) is 6.79. The number of sulfonamides is 1. The van der Waals surface area contributed by atoms with Crippen LogP contribution in [0.2, 0.25) is 0 Å². The van der Waals surface area contributed by atoms with Gasteiger partial charge >= 0.3 is 0 Å². The van der Waals surface area contributed by atoms with Crippen molar-refractivity contribution in [3.8, 4) is 0 Å². The average Bonchev–Trinajstić information content (AvgIpc) is 2.64. The number of anilines is 1. The van der Waals surface area contributed by atoms with Gasteiger partial charge in [-0.2, -0.15) is 0 Å². The summed E-state index contributed by atoms with van der Waals surface area (Å²) in [5.74, 6) is 0. The van der Waals surface area contributed by atoms with Crippen LogP contribution in [-0.2, 0) is 22.9 Å². The Labute approximate surface area is 163 Å². The van der Waals surface area contributed by atoms with Crippen molar-refractivity contribution in [2.24, 2.45) is 0 Å². The first-order valence-corrected chi connectivity index (χ1v) is 11.3. The van der Waals surface area contributed by atoms with Gasteiger partial charge in [0, 0.05) is 25.3 Å². The fraction of sp³-hybridized carbons (Fsp3) is 0.455. The summed E-state index contributed by atoms with van der Waals surface area (Å²) in [6, 6.07) is 12.1. The molecule has 0 bridgehead atoms. The van der Waals surface area contributed by atoms with Crippen LogP contribution < -0.4 is 9.62 Å². The molecule has 1 N–H and O–H groups in total. The largest absolute Gasteiger partial charge is 0.371 e. The van der Waals surface area contributed by atoms with Crippen molar-refractivity contribution in [3.63, 3.8) is 0 Å². The maximum absolute atomic E-state index is 12.6. The van der Waals surface area contributed by atoms with E-state index in [1.165, 1.54) is 23.2 Å². The predicted molar refractivity (Wildman–Crippen MR) is 112 cm³/mol. The number of aryl methyl sites for hydroxylation is 3. The van der Waals surface area contributed by atoms with Crippen molar-refractivity contribution in [3.05, 3.63) is 58.7 Å².